The summed E-state index contributed by atoms with van der Waals surface area (Å²) in [5.41, 5.74) is 0.899. The molecule has 4 aliphatic carbocycles. The van der Waals surface area contributed by atoms with Crippen LogP contribution < -0.4 is 0 Å². The molecule has 4 rings (SSSR count). The largest absolute Gasteiger partial charge is 0.393 e. The number of carbonyl (C=O) groups is 1. The van der Waals surface area contributed by atoms with Crippen LogP contribution in [0.2, 0.25) is 0 Å². The molecule has 26 heavy (non-hydrogen) atoms. The van der Waals surface area contributed by atoms with Crippen molar-refractivity contribution in [2.24, 2.45) is 28.6 Å². The third-order valence-electron chi connectivity index (χ3n) is 8.74. The Labute approximate surface area is 165 Å². The van der Waals surface area contributed by atoms with Crippen LogP contribution in [-0.2, 0) is 4.79 Å². The van der Waals surface area contributed by atoms with E-state index in [-0.39, 0.29) is 34.6 Å². The van der Waals surface area contributed by atoms with Crippen LogP contribution in [0.15, 0.2) is 23.8 Å². The summed E-state index contributed by atoms with van der Waals surface area (Å²) in [5, 5.41) is 22.8. The molecule has 7 atom stereocenters. The van der Waals surface area contributed by atoms with Crippen LogP contribution in [0.4, 0.5) is 0 Å². The molecule has 0 heterocycles. The molecule has 4 heteroatoms. The third-order valence-corrected chi connectivity index (χ3v) is 9.46. The highest BCUT2D eigenvalue weighted by Gasteiger charge is 2.65. The van der Waals surface area contributed by atoms with Crippen LogP contribution in [0.25, 0.3) is 0 Å². The predicted octanol–water partition coefficient (Wildman–Crippen LogP) is 4.17. The van der Waals surface area contributed by atoms with Crippen LogP contribution >= 0.6 is 15.9 Å². The summed E-state index contributed by atoms with van der Waals surface area (Å²) in [7, 11) is 0. The molecule has 4 aliphatic rings. The SMILES string of the molecule is C=C(CBr)C1CC[C@@]2(O)C3=CC(=O)C4CC(O)CCC4(C)C3CCC12C. The average molecular weight is 423 g/mol. The normalized spacial score (nSPS) is 50.5. The van der Waals surface area contributed by atoms with E-state index in [1.807, 2.05) is 0 Å². The van der Waals surface area contributed by atoms with Crippen LogP contribution in [0.3, 0.4) is 0 Å². The van der Waals surface area contributed by atoms with Gasteiger partial charge in [0, 0.05) is 16.7 Å². The molecular weight excluding hydrogens is 392 g/mol. The molecule has 3 nitrogen and oxygen atoms in total. The number of aliphatic hydroxyl groups excluding tert-OH is 1. The van der Waals surface area contributed by atoms with Crippen LogP contribution in [0.1, 0.15) is 58.8 Å². The van der Waals surface area contributed by atoms with E-state index in [9.17, 15) is 15.0 Å². The summed E-state index contributed by atoms with van der Waals surface area (Å²) in [5.74, 6) is 0.579. The first-order valence-corrected chi connectivity index (χ1v) is 11.2. The summed E-state index contributed by atoms with van der Waals surface area (Å²) in [4.78, 5) is 13.0. The fraction of sp³-hybridized carbons (Fsp3) is 0.773. The second-order valence-electron chi connectivity index (χ2n) is 9.74. The van der Waals surface area contributed by atoms with Crippen molar-refractivity contribution in [3.63, 3.8) is 0 Å². The van der Waals surface area contributed by atoms with Gasteiger partial charge in [-0.05, 0) is 73.8 Å². The van der Waals surface area contributed by atoms with Crippen molar-refractivity contribution in [3.05, 3.63) is 23.8 Å². The van der Waals surface area contributed by atoms with Gasteiger partial charge in [-0.1, -0.05) is 41.9 Å². The topological polar surface area (TPSA) is 57.5 Å². The van der Waals surface area contributed by atoms with Gasteiger partial charge in [0.2, 0.25) is 0 Å². The van der Waals surface area contributed by atoms with Crippen molar-refractivity contribution in [2.45, 2.75) is 70.5 Å². The lowest BCUT2D eigenvalue weighted by Gasteiger charge is -2.59. The van der Waals surface area contributed by atoms with E-state index in [1.165, 1.54) is 0 Å². The maximum atomic E-state index is 13.0. The van der Waals surface area contributed by atoms with E-state index >= 15 is 0 Å². The van der Waals surface area contributed by atoms with E-state index in [4.69, 9.17) is 0 Å². The lowest BCUT2D eigenvalue weighted by Crippen LogP contribution is -2.59. The Balaban J connectivity index is 1.77. The quantitative estimate of drug-likeness (QED) is 0.518. The molecular formula is C22H31BrO3. The number of ketones is 1. The van der Waals surface area contributed by atoms with Gasteiger partial charge in [-0.25, -0.2) is 0 Å². The van der Waals surface area contributed by atoms with Crippen molar-refractivity contribution in [2.75, 3.05) is 5.33 Å². The average Bonchev–Trinajstić information content (AvgIpc) is 2.88. The van der Waals surface area contributed by atoms with Crippen LogP contribution in [0, 0.1) is 28.6 Å². The molecule has 0 radical (unpaired) electrons. The number of rotatable bonds is 2. The van der Waals surface area contributed by atoms with Crippen molar-refractivity contribution in [3.8, 4) is 0 Å². The van der Waals surface area contributed by atoms with Gasteiger partial charge in [-0.2, -0.15) is 0 Å². The van der Waals surface area contributed by atoms with Gasteiger partial charge in [0.05, 0.1) is 11.7 Å². The summed E-state index contributed by atoms with van der Waals surface area (Å²) in [6.07, 6.45) is 7.30. The van der Waals surface area contributed by atoms with E-state index in [2.05, 4.69) is 36.4 Å². The minimum Gasteiger partial charge on any atom is -0.393 e. The number of carbonyl (C=O) groups excluding carboxylic acids is 1. The Hall–Kier alpha value is -0.450. The second-order valence-corrected chi connectivity index (χ2v) is 10.3. The number of fused-ring (bicyclic) bond motifs is 5. The van der Waals surface area contributed by atoms with Crippen molar-refractivity contribution in [1.82, 2.24) is 0 Å². The molecule has 0 spiro atoms. The predicted molar refractivity (Wildman–Crippen MR) is 106 cm³/mol. The smallest absolute Gasteiger partial charge is 0.159 e. The molecule has 3 fully saturated rings. The molecule has 0 aromatic rings. The highest BCUT2D eigenvalue weighted by molar-refractivity contribution is 9.09. The number of alkyl halides is 1. The summed E-state index contributed by atoms with van der Waals surface area (Å²) in [6, 6.07) is 0. The molecule has 0 saturated heterocycles. The summed E-state index contributed by atoms with van der Waals surface area (Å²) >= 11 is 3.55. The first-order chi connectivity index (χ1) is 12.2. The van der Waals surface area contributed by atoms with E-state index in [0.717, 1.165) is 55.0 Å². The van der Waals surface area contributed by atoms with E-state index in [0.29, 0.717) is 12.3 Å². The lowest BCUT2D eigenvalue weighted by molar-refractivity contribution is -0.139. The van der Waals surface area contributed by atoms with Crippen molar-refractivity contribution in [1.29, 1.82) is 0 Å². The Bertz CT molecular complexity index is 685. The fourth-order valence-electron chi connectivity index (χ4n) is 7.06. The van der Waals surface area contributed by atoms with Gasteiger partial charge in [0.25, 0.3) is 0 Å². The fourth-order valence-corrected chi connectivity index (χ4v) is 7.46. The Morgan fingerprint density at radius 1 is 1.23 bits per heavy atom. The van der Waals surface area contributed by atoms with Crippen LogP contribution in [0.5, 0.6) is 0 Å². The lowest BCUT2D eigenvalue weighted by atomic mass is 9.46. The first kappa shape index (κ1) is 18.9. The molecule has 0 bridgehead atoms. The number of hydrogen-bond acceptors (Lipinski definition) is 3. The molecule has 144 valence electrons. The molecule has 0 aromatic carbocycles. The minimum absolute atomic E-state index is 0.0948. The van der Waals surface area contributed by atoms with Gasteiger partial charge in [-0.3, -0.25) is 4.79 Å². The van der Waals surface area contributed by atoms with Crippen molar-refractivity contribution < 1.29 is 15.0 Å². The zero-order valence-electron chi connectivity index (χ0n) is 15.9. The van der Waals surface area contributed by atoms with Gasteiger partial charge < -0.3 is 10.2 Å². The van der Waals surface area contributed by atoms with Gasteiger partial charge >= 0.3 is 0 Å². The van der Waals surface area contributed by atoms with Gasteiger partial charge in [0.1, 0.15) is 0 Å². The number of hydrogen-bond donors (Lipinski definition) is 2. The van der Waals surface area contributed by atoms with Gasteiger partial charge in [0.15, 0.2) is 5.78 Å². The second kappa shape index (κ2) is 6.02. The minimum atomic E-state index is -0.897. The molecule has 3 saturated carbocycles. The highest BCUT2D eigenvalue weighted by atomic mass is 79.9. The monoisotopic (exact) mass is 422 g/mol. The molecule has 0 aromatic heterocycles. The first-order valence-electron chi connectivity index (χ1n) is 10.1. The number of allylic oxidation sites excluding steroid dienone is 2. The molecule has 6 unspecified atom stereocenters. The Morgan fingerprint density at radius 3 is 2.65 bits per heavy atom. The summed E-state index contributed by atoms with van der Waals surface area (Å²) < 4.78 is 0. The third kappa shape index (κ3) is 2.28. The highest BCUT2D eigenvalue weighted by Crippen LogP contribution is 2.67. The van der Waals surface area contributed by atoms with Crippen LogP contribution in [-0.4, -0.2) is 33.0 Å². The standard InChI is InChI=1S/C22H31BrO3/c1-13(12-23)15-6-9-22(26)17-11-19(25)18-10-14(24)4-7-20(18,2)16(17)5-8-21(15,22)3/h11,14-16,18,24,26H,1,4-10,12H2,2-3H3/t14?,15?,16?,18?,20?,21?,22-/m1/s1. The molecule has 0 aliphatic heterocycles. The number of aliphatic hydroxyl groups is 2. The zero-order chi connectivity index (χ0) is 18.9. The van der Waals surface area contributed by atoms with Gasteiger partial charge in [-0.15, -0.1) is 0 Å². The maximum Gasteiger partial charge on any atom is 0.159 e. The van der Waals surface area contributed by atoms with E-state index in [1.54, 1.807) is 6.08 Å². The maximum absolute atomic E-state index is 13.0. The summed E-state index contributed by atoms with van der Waals surface area (Å²) in [6.45, 7) is 8.70. The zero-order valence-corrected chi connectivity index (χ0v) is 17.5. The molecule has 0 amide bonds. The Kier molecular flexibility index (Phi) is 4.38. The Morgan fingerprint density at radius 2 is 1.96 bits per heavy atom. The van der Waals surface area contributed by atoms with E-state index < -0.39 is 5.60 Å². The molecule has 2 N–H and O–H groups in total. The van der Waals surface area contributed by atoms with Crippen molar-refractivity contribution >= 4 is 21.7 Å². The number of halogens is 1.